The summed E-state index contributed by atoms with van der Waals surface area (Å²) in [7, 11) is 0. The minimum atomic E-state index is -0.392. The van der Waals surface area contributed by atoms with Crippen LogP contribution in [-0.4, -0.2) is 54.8 Å². The van der Waals surface area contributed by atoms with E-state index in [1.54, 1.807) is 53.4 Å². The van der Waals surface area contributed by atoms with Crippen LogP contribution in [0.1, 0.15) is 40.5 Å². The molecule has 0 saturated carbocycles. The molecule has 8 nitrogen and oxygen atoms in total. The van der Waals surface area contributed by atoms with Gasteiger partial charge in [-0.3, -0.25) is 24.1 Å². The highest BCUT2D eigenvalue weighted by atomic mass is 16.5. The summed E-state index contributed by atoms with van der Waals surface area (Å²) in [5.74, 6) is -1.59. The van der Waals surface area contributed by atoms with Gasteiger partial charge in [-0.15, -0.1) is 0 Å². The number of hydrogen-bond acceptors (Lipinski definition) is 5. The van der Waals surface area contributed by atoms with Crippen molar-refractivity contribution in [3.8, 4) is 0 Å². The smallest absolute Gasteiger partial charge is 0.255 e. The quantitative estimate of drug-likeness (QED) is 0.543. The molecule has 1 aliphatic carbocycles. The van der Waals surface area contributed by atoms with Crippen molar-refractivity contribution in [3.63, 3.8) is 0 Å². The zero-order chi connectivity index (χ0) is 24.5. The first-order valence-electron chi connectivity index (χ1n) is 11.8. The fourth-order valence-corrected chi connectivity index (χ4v) is 4.96. The van der Waals surface area contributed by atoms with Gasteiger partial charge in [0.25, 0.3) is 11.8 Å². The number of nitrogens with one attached hydrogen (secondary N) is 1. The number of fused-ring (bicyclic) bond motifs is 1. The zero-order valence-corrected chi connectivity index (χ0v) is 19.5. The summed E-state index contributed by atoms with van der Waals surface area (Å²) < 4.78 is 5.30. The molecule has 4 amide bonds. The number of imide groups is 1. The van der Waals surface area contributed by atoms with Crippen LogP contribution in [0.2, 0.25) is 0 Å². The number of allylic oxidation sites excluding steroid dienone is 2. The van der Waals surface area contributed by atoms with Crippen LogP contribution in [0.3, 0.4) is 0 Å². The number of carbonyl (C=O) groups excluding carboxylic acids is 4. The normalized spacial score (nSPS) is 22.0. The summed E-state index contributed by atoms with van der Waals surface area (Å²) in [5.41, 5.74) is 2.81. The van der Waals surface area contributed by atoms with Crippen molar-refractivity contribution in [1.29, 1.82) is 0 Å². The third-order valence-corrected chi connectivity index (χ3v) is 6.86. The molecule has 0 bridgehead atoms. The number of carbonyl (C=O) groups is 4. The molecule has 0 radical (unpaired) electrons. The lowest BCUT2D eigenvalue weighted by molar-refractivity contribution is -0.122. The molecule has 5 rings (SSSR count). The van der Waals surface area contributed by atoms with Crippen LogP contribution in [0.4, 0.5) is 11.4 Å². The van der Waals surface area contributed by atoms with Crippen molar-refractivity contribution in [2.24, 2.45) is 11.8 Å². The molecule has 1 N–H and O–H groups in total. The molecule has 2 saturated heterocycles. The van der Waals surface area contributed by atoms with Crippen LogP contribution in [0.5, 0.6) is 0 Å². The van der Waals surface area contributed by atoms with Gasteiger partial charge in [0, 0.05) is 29.9 Å². The summed E-state index contributed by atoms with van der Waals surface area (Å²) >= 11 is 0. The number of benzene rings is 2. The number of anilines is 2. The number of ether oxygens (including phenoxy) is 1. The second-order valence-electron chi connectivity index (χ2n) is 9.21. The monoisotopic (exact) mass is 473 g/mol. The Bertz CT molecular complexity index is 1230. The highest BCUT2D eigenvalue weighted by Crippen LogP contribution is 2.39. The summed E-state index contributed by atoms with van der Waals surface area (Å²) in [6, 6.07) is 13.3. The van der Waals surface area contributed by atoms with Crippen LogP contribution in [0.25, 0.3) is 0 Å². The van der Waals surface area contributed by atoms with E-state index in [2.05, 4.69) is 5.32 Å². The molecule has 2 aliphatic heterocycles. The maximum Gasteiger partial charge on any atom is 0.255 e. The molecule has 8 heteroatoms. The Labute approximate surface area is 203 Å². The fourth-order valence-electron chi connectivity index (χ4n) is 4.96. The largest absolute Gasteiger partial charge is 0.378 e. The van der Waals surface area contributed by atoms with Gasteiger partial charge in [-0.1, -0.05) is 23.8 Å². The number of hydrogen-bond donors (Lipinski definition) is 1. The van der Waals surface area contributed by atoms with E-state index < -0.39 is 5.91 Å². The van der Waals surface area contributed by atoms with Gasteiger partial charge in [0.1, 0.15) is 0 Å². The topological polar surface area (TPSA) is 96.0 Å². The second-order valence-corrected chi connectivity index (χ2v) is 9.21. The van der Waals surface area contributed by atoms with Crippen LogP contribution in [0, 0.1) is 11.8 Å². The van der Waals surface area contributed by atoms with Crippen LogP contribution >= 0.6 is 0 Å². The van der Waals surface area contributed by atoms with Crippen molar-refractivity contribution >= 4 is 35.0 Å². The predicted molar refractivity (Wildman–Crippen MR) is 130 cm³/mol. The Balaban J connectivity index is 1.32. The Morgan fingerprint density at radius 1 is 0.943 bits per heavy atom. The van der Waals surface area contributed by atoms with E-state index in [9.17, 15) is 19.2 Å². The van der Waals surface area contributed by atoms with Crippen LogP contribution in [-0.2, 0) is 14.3 Å². The number of morpholine rings is 1. The molecule has 0 spiro atoms. The first kappa shape index (κ1) is 23.0. The Morgan fingerprint density at radius 3 is 2.46 bits per heavy atom. The van der Waals surface area contributed by atoms with Crippen LogP contribution in [0.15, 0.2) is 60.2 Å². The zero-order valence-electron chi connectivity index (χ0n) is 19.5. The second kappa shape index (κ2) is 9.46. The molecule has 0 unspecified atom stereocenters. The lowest BCUT2D eigenvalue weighted by Gasteiger charge is -2.27. The highest BCUT2D eigenvalue weighted by molar-refractivity contribution is 6.22. The maximum atomic E-state index is 13.0. The first-order chi connectivity index (χ1) is 16.9. The average molecular weight is 474 g/mol. The SMILES string of the molecule is CC1=CC[C@@H]2C(=O)N(c3cccc(C(=O)Nc4cccc(C(=O)N5CCOCC5)c4)c3)C(=O)[C@@H]2C1. The van der Waals surface area contributed by atoms with Crippen molar-refractivity contribution in [2.75, 3.05) is 36.5 Å². The summed E-state index contributed by atoms with van der Waals surface area (Å²) in [4.78, 5) is 54.8. The van der Waals surface area contributed by atoms with Crippen molar-refractivity contribution in [2.45, 2.75) is 19.8 Å². The van der Waals surface area contributed by atoms with E-state index in [4.69, 9.17) is 4.74 Å². The minimum Gasteiger partial charge on any atom is -0.378 e. The van der Waals surface area contributed by atoms with Crippen molar-refractivity contribution in [1.82, 2.24) is 4.90 Å². The van der Waals surface area contributed by atoms with E-state index in [-0.39, 0.29) is 29.6 Å². The van der Waals surface area contributed by atoms with Gasteiger partial charge < -0.3 is 15.0 Å². The van der Waals surface area contributed by atoms with Gasteiger partial charge in [0.05, 0.1) is 30.7 Å². The molecule has 2 atom stereocenters. The van der Waals surface area contributed by atoms with Gasteiger partial charge >= 0.3 is 0 Å². The van der Waals surface area contributed by atoms with Gasteiger partial charge in [-0.05, 0) is 56.2 Å². The standard InChI is InChI=1S/C27H27N3O5/c1-17-8-9-22-23(14-17)27(34)30(26(22)33)21-7-3-4-18(16-21)24(31)28-20-6-2-5-19(15-20)25(32)29-10-12-35-13-11-29/h2-8,15-16,22-23H,9-14H2,1H3,(H,28,31)/t22-,23+/m0/s1. The predicted octanol–water partition coefficient (Wildman–Crippen LogP) is 3.26. The van der Waals surface area contributed by atoms with E-state index in [1.165, 1.54) is 4.90 Å². The molecule has 180 valence electrons. The molecule has 2 heterocycles. The lowest BCUT2D eigenvalue weighted by atomic mass is 9.82. The Hall–Kier alpha value is -3.78. The average Bonchev–Trinajstić information content (AvgIpc) is 3.13. The van der Waals surface area contributed by atoms with Crippen molar-refractivity contribution in [3.05, 3.63) is 71.3 Å². The van der Waals surface area contributed by atoms with Gasteiger partial charge in [-0.2, -0.15) is 0 Å². The van der Waals surface area contributed by atoms with E-state index >= 15 is 0 Å². The van der Waals surface area contributed by atoms with Gasteiger partial charge in [-0.25, -0.2) is 0 Å². The number of amides is 4. The van der Waals surface area contributed by atoms with Gasteiger partial charge in [0.2, 0.25) is 11.8 Å². The summed E-state index contributed by atoms with van der Waals surface area (Å²) in [6.07, 6.45) is 3.18. The molecule has 2 aromatic carbocycles. The molecule has 2 aromatic rings. The molecular formula is C27H27N3O5. The maximum absolute atomic E-state index is 13.0. The molecular weight excluding hydrogens is 446 g/mol. The van der Waals surface area contributed by atoms with E-state index in [1.807, 2.05) is 13.0 Å². The van der Waals surface area contributed by atoms with E-state index in [0.29, 0.717) is 61.6 Å². The van der Waals surface area contributed by atoms with E-state index in [0.717, 1.165) is 5.57 Å². The summed E-state index contributed by atoms with van der Waals surface area (Å²) in [6.45, 7) is 4.07. The fraction of sp³-hybridized carbons (Fsp3) is 0.333. The molecule has 2 fully saturated rings. The summed E-state index contributed by atoms with van der Waals surface area (Å²) in [5, 5.41) is 2.82. The molecule has 35 heavy (non-hydrogen) atoms. The number of nitrogens with zero attached hydrogens (tertiary/aromatic N) is 2. The Kier molecular flexibility index (Phi) is 6.21. The molecule has 3 aliphatic rings. The minimum absolute atomic E-state index is 0.108. The third kappa shape index (κ3) is 4.49. The Morgan fingerprint density at radius 2 is 1.66 bits per heavy atom. The number of rotatable bonds is 4. The molecule has 0 aromatic heterocycles. The third-order valence-electron chi connectivity index (χ3n) is 6.86. The van der Waals surface area contributed by atoms with Crippen molar-refractivity contribution < 1.29 is 23.9 Å². The van der Waals surface area contributed by atoms with Crippen LogP contribution < -0.4 is 10.2 Å². The first-order valence-corrected chi connectivity index (χ1v) is 11.8. The highest BCUT2D eigenvalue weighted by Gasteiger charge is 2.48. The lowest BCUT2D eigenvalue weighted by Crippen LogP contribution is -2.40. The van der Waals surface area contributed by atoms with Gasteiger partial charge in [0.15, 0.2) is 0 Å².